The SMILES string of the molecule is CCS(=O)(=O)/N=C1\C=C(Cl)C(=O)C(Cl)=C1Cl. The molecule has 16 heavy (non-hydrogen) atoms. The van der Waals surface area contributed by atoms with E-state index in [1.165, 1.54) is 6.92 Å². The number of Topliss-reactive ketones (excluding diaryl/α,β-unsaturated/α-hetero) is 1. The maximum atomic E-state index is 11.2. The second kappa shape index (κ2) is 4.87. The van der Waals surface area contributed by atoms with Crippen molar-refractivity contribution in [3.8, 4) is 0 Å². The number of hydrogen-bond acceptors (Lipinski definition) is 3. The van der Waals surface area contributed by atoms with Gasteiger partial charge in [0.1, 0.15) is 5.03 Å². The van der Waals surface area contributed by atoms with Gasteiger partial charge in [-0.25, -0.2) is 8.42 Å². The predicted molar refractivity (Wildman–Crippen MR) is 64.6 cm³/mol. The van der Waals surface area contributed by atoms with Crippen LogP contribution in [-0.4, -0.2) is 25.7 Å². The molecule has 0 N–H and O–H groups in total. The molecule has 0 bridgehead atoms. The van der Waals surface area contributed by atoms with Gasteiger partial charge in [0.15, 0.2) is 0 Å². The van der Waals surface area contributed by atoms with Crippen molar-refractivity contribution < 1.29 is 13.2 Å². The van der Waals surface area contributed by atoms with Crippen molar-refractivity contribution in [3.63, 3.8) is 0 Å². The van der Waals surface area contributed by atoms with Crippen LogP contribution in [0.4, 0.5) is 0 Å². The Morgan fingerprint density at radius 3 is 2.31 bits per heavy atom. The van der Waals surface area contributed by atoms with E-state index in [-0.39, 0.29) is 26.6 Å². The highest BCUT2D eigenvalue weighted by molar-refractivity contribution is 7.90. The lowest BCUT2D eigenvalue weighted by Crippen LogP contribution is -2.14. The summed E-state index contributed by atoms with van der Waals surface area (Å²) in [7, 11) is -3.62. The van der Waals surface area contributed by atoms with Gasteiger partial charge in [-0.2, -0.15) is 4.40 Å². The van der Waals surface area contributed by atoms with Gasteiger partial charge in [-0.05, 0) is 13.0 Å². The van der Waals surface area contributed by atoms with Gasteiger partial charge >= 0.3 is 0 Å². The number of halogens is 3. The van der Waals surface area contributed by atoms with E-state index < -0.39 is 15.8 Å². The van der Waals surface area contributed by atoms with Crippen molar-refractivity contribution in [1.82, 2.24) is 0 Å². The van der Waals surface area contributed by atoms with Crippen LogP contribution in [0.5, 0.6) is 0 Å². The lowest BCUT2D eigenvalue weighted by molar-refractivity contribution is -0.111. The van der Waals surface area contributed by atoms with Crippen LogP contribution in [-0.2, 0) is 14.8 Å². The Morgan fingerprint density at radius 1 is 1.25 bits per heavy atom. The minimum absolute atomic E-state index is 0.127. The fourth-order valence-corrected chi connectivity index (χ4v) is 2.10. The third kappa shape index (κ3) is 2.85. The van der Waals surface area contributed by atoms with Crippen molar-refractivity contribution in [2.45, 2.75) is 6.92 Å². The molecule has 0 heterocycles. The molecule has 0 amide bonds. The third-order valence-corrected chi connectivity index (χ3v) is 4.02. The molecular formula is C8H6Cl3NO3S. The fraction of sp³-hybridized carbons (Fsp3) is 0.250. The maximum absolute atomic E-state index is 11.2. The molecule has 0 aliphatic heterocycles. The Hall–Kier alpha value is -0.360. The summed E-state index contributed by atoms with van der Waals surface area (Å²) in [6.45, 7) is 1.43. The summed E-state index contributed by atoms with van der Waals surface area (Å²) in [6.07, 6.45) is 1.07. The van der Waals surface area contributed by atoms with E-state index >= 15 is 0 Å². The fourth-order valence-electron chi connectivity index (χ4n) is 0.847. The smallest absolute Gasteiger partial charge is 0.253 e. The molecule has 0 spiro atoms. The summed E-state index contributed by atoms with van der Waals surface area (Å²) in [6, 6.07) is 0. The Bertz CT molecular complexity index is 531. The summed E-state index contributed by atoms with van der Waals surface area (Å²) < 4.78 is 25.9. The highest BCUT2D eigenvalue weighted by Gasteiger charge is 2.25. The Morgan fingerprint density at radius 2 is 1.81 bits per heavy atom. The topological polar surface area (TPSA) is 63.6 Å². The molecule has 0 unspecified atom stereocenters. The number of carbonyl (C=O) groups is 1. The summed E-state index contributed by atoms with van der Waals surface area (Å²) >= 11 is 16.8. The van der Waals surface area contributed by atoms with E-state index in [0.717, 1.165) is 6.08 Å². The normalized spacial score (nSPS) is 20.4. The van der Waals surface area contributed by atoms with Crippen molar-refractivity contribution in [2.24, 2.45) is 4.40 Å². The van der Waals surface area contributed by atoms with Crippen LogP contribution in [0.2, 0.25) is 0 Å². The number of sulfonamides is 1. The second-order valence-corrected chi connectivity index (χ2v) is 5.88. The van der Waals surface area contributed by atoms with E-state index in [0.29, 0.717) is 0 Å². The van der Waals surface area contributed by atoms with Crippen LogP contribution in [0.25, 0.3) is 0 Å². The van der Waals surface area contributed by atoms with Crippen molar-refractivity contribution in [2.75, 3.05) is 5.75 Å². The minimum Gasteiger partial charge on any atom is -0.287 e. The number of allylic oxidation sites excluding steroid dienone is 4. The van der Waals surface area contributed by atoms with Crippen LogP contribution in [0.15, 0.2) is 25.6 Å². The predicted octanol–water partition coefficient (Wildman–Crippen LogP) is 2.17. The van der Waals surface area contributed by atoms with Gasteiger partial charge in [0.05, 0.1) is 21.5 Å². The minimum atomic E-state index is -3.62. The largest absolute Gasteiger partial charge is 0.287 e. The van der Waals surface area contributed by atoms with E-state index in [9.17, 15) is 13.2 Å². The second-order valence-electron chi connectivity index (χ2n) is 2.80. The summed E-state index contributed by atoms with van der Waals surface area (Å²) in [5.74, 6) is -0.835. The van der Waals surface area contributed by atoms with Crippen molar-refractivity contribution in [3.05, 3.63) is 21.2 Å². The monoisotopic (exact) mass is 301 g/mol. The van der Waals surface area contributed by atoms with Gasteiger partial charge in [0.25, 0.3) is 10.0 Å². The Labute approximate surface area is 108 Å². The van der Waals surface area contributed by atoms with Crippen LogP contribution in [0.1, 0.15) is 6.92 Å². The molecule has 1 aliphatic rings. The van der Waals surface area contributed by atoms with Crippen LogP contribution in [0, 0.1) is 0 Å². The van der Waals surface area contributed by atoms with Crippen molar-refractivity contribution >= 4 is 56.3 Å². The molecule has 0 atom stereocenters. The first kappa shape index (κ1) is 13.7. The quantitative estimate of drug-likeness (QED) is 0.734. The molecule has 4 nitrogen and oxygen atoms in total. The average Bonchev–Trinajstić information content (AvgIpc) is 2.22. The molecule has 0 fully saturated rings. The highest BCUT2D eigenvalue weighted by Crippen LogP contribution is 2.27. The van der Waals surface area contributed by atoms with Gasteiger partial charge in [-0.15, -0.1) is 0 Å². The zero-order chi connectivity index (χ0) is 12.5. The van der Waals surface area contributed by atoms with Gasteiger partial charge in [-0.3, -0.25) is 4.79 Å². The highest BCUT2D eigenvalue weighted by atomic mass is 35.5. The third-order valence-electron chi connectivity index (χ3n) is 1.70. The van der Waals surface area contributed by atoms with E-state index in [1.807, 2.05) is 0 Å². The van der Waals surface area contributed by atoms with Gasteiger partial charge < -0.3 is 0 Å². The summed E-state index contributed by atoms with van der Waals surface area (Å²) in [5, 5.41) is -0.772. The average molecular weight is 303 g/mol. The first-order valence-electron chi connectivity index (χ1n) is 4.08. The van der Waals surface area contributed by atoms with Crippen LogP contribution >= 0.6 is 34.8 Å². The van der Waals surface area contributed by atoms with Crippen LogP contribution < -0.4 is 0 Å². The molecule has 1 rings (SSSR count). The zero-order valence-electron chi connectivity index (χ0n) is 8.00. The summed E-state index contributed by atoms with van der Waals surface area (Å²) in [5.41, 5.74) is -0.127. The lowest BCUT2D eigenvalue weighted by Gasteiger charge is -2.09. The van der Waals surface area contributed by atoms with E-state index in [2.05, 4.69) is 4.40 Å². The Kier molecular flexibility index (Phi) is 4.17. The van der Waals surface area contributed by atoms with Crippen molar-refractivity contribution in [1.29, 1.82) is 0 Å². The first-order chi connectivity index (χ1) is 7.28. The Balaban J connectivity index is 3.33. The van der Waals surface area contributed by atoms with Gasteiger partial charge in [-0.1, -0.05) is 34.8 Å². The molecule has 8 heteroatoms. The molecule has 0 radical (unpaired) electrons. The van der Waals surface area contributed by atoms with E-state index in [1.54, 1.807) is 0 Å². The number of nitrogens with zero attached hydrogens (tertiary/aromatic N) is 1. The van der Waals surface area contributed by atoms with Crippen LogP contribution in [0.3, 0.4) is 0 Å². The number of rotatable bonds is 2. The number of ketones is 1. The number of hydrogen-bond donors (Lipinski definition) is 0. The molecule has 88 valence electrons. The molecule has 0 aromatic heterocycles. The molecule has 0 saturated heterocycles. The standard InChI is InChI=1S/C8H6Cl3NO3S/c1-2-16(14,15)12-5-3-4(9)8(13)7(11)6(5)10/h3H,2H2,1H3/b12-5+. The molecule has 0 aromatic carbocycles. The maximum Gasteiger partial charge on any atom is 0.253 e. The summed E-state index contributed by atoms with van der Waals surface area (Å²) in [4.78, 5) is 11.2. The van der Waals surface area contributed by atoms with Gasteiger partial charge in [0.2, 0.25) is 5.78 Å². The molecule has 1 aliphatic carbocycles. The molecular weight excluding hydrogens is 297 g/mol. The van der Waals surface area contributed by atoms with Gasteiger partial charge in [0, 0.05) is 0 Å². The zero-order valence-corrected chi connectivity index (χ0v) is 11.1. The molecule has 0 saturated carbocycles. The number of carbonyl (C=O) groups excluding carboxylic acids is 1. The lowest BCUT2D eigenvalue weighted by atomic mass is 10.1. The first-order valence-corrected chi connectivity index (χ1v) is 6.83. The molecule has 0 aromatic rings. The van der Waals surface area contributed by atoms with E-state index in [4.69, 9.17) is 34.8 Å².